The van der Waals surface area contributed by atoms with Gasteiger partial charge in [0.05, 0.1) is 6.61 Å². The first-order chi connectivity index (χ1) is 7.97. The van der Waals surface area contributed by atoms with Crippen LogP contribution in [0.15, 0.2) is 11.6 Å². The maximum absolute atomic E-state index is 11.9. The molecule has 3 atom stereocenters. The smallest absolute Gasteiger partial charge is 0.330 e. The molecule has 0 heterocycles. The Kier molecular flexibility index (Phi) is 3.11. The van der Waals surface area contributed by atoms with Crippen LogP contribution in [-0.4, -0.2) is 18.4 Å². The van der Waals surface area contributed by atoms with Gasteiger partial charge in [0.25, 0.3) is 0 Å². The van der Waals surface area contributed by atoms with E-state index in [2.05, 4.69) is 6.92 Å². The third-order valence-corrected chi connectivity index (χ3v) is 4.33. The first kappa shape index (κ1) is 12.3. The van der Waals surface area contributed by atoms with Crippen LogP contribution in [-0.2, 0) is 14.3 Å². The van der Waals surface area contributed by atoms with Crippen molar-refractivity contribution < 1.29 is 14.3 Å². The van der Waals surface area contributed by atoms with E-state index in [1.807, 2.05) is 6.92 Å². The molecule has 0 N–H and O–H groups in total. The lowest BCUT2D eigenvalue weighted by atomic mass is 9.78. The molecule has 2 aliphatic rings. The summed E-state index contributed by atoms with van der Waals surface area (Å²) >= 11 is 0. The molecule has 2 saturated carbocycles. The second kappa shape index (κ2) is 4.28. The van der Waals surface area contributed by atoms with E-state index in [-0.39, 0.29) is 17.3 Å². The van der Waals surface area contributed by atoms with E-state index in [1.54, 1.807) is 13.0 Å². The maximum Gasteiger partial charge on any atom is 0.330 e. The number of rotatable bonds is 3. The molecule has 2 aliphatic carbocycles. The number of carbonyl (C=O) groups is 2. The van der Waals surface area contributed by atoms with Crippen molar-refractivity contribution >= 4 is 11.8 Å². The Labute approximate surface area is 102 Å². The molecule has 2 rings (SSSR count). The molecule has 0 aromatic heterocycles. The number of hydrogen-bond donors (Lipinski definition) is 0. The van der Waals surface area contributed by atoms with Crippen LogP contribution >= 0.6 is 0 Å². The average Bonchev–Trinajstić information content (AvgIpc) is 2.91. The van der Waals surface area contributed by atoms with E-state index in [0.717, 1.165) is 18.4 Å². The van der Waals surface area contributed by atoms with Gasteiger partial charge in [-0.2, -0.15) is 0 Å². The third-order valence-electron chi connectivity index (χ3n) is 4.33. The summed E-state index contributed by atoms with van der Waals surface area (Å²) in [4.78, 5) is 23.3. The zero-order valence-electron chi connectivity index (χ0n) is 10.8. The fourth-order valence-corrected chi connectivity index (χ4v) is 2.86. The highest BCUT2D eigenvalue weighted by Crippen LogP contribution is 2.60. The van der Waals surface area contributed by atoms with E-state index in [9.17, 15) is 9.59 Å². The number of carbonyl (C=O) groups excluding carboxylic acids is 2. The molecule has 94 valence electrons. The van der Waals surface area contributed by atoms with E-state index in [1.165, 1.54) is 0 Å². The largest absolute Gasteiger partial charge is 0.463 e. The molecule has 0 amide bonds. The molecule has 0 unspecified atom stereocenters. The summed E-state index contributed by atoms with van der Waals surface area (Å²) in [6.45, 7) is 6.19. The van der Waals surface area contributed by atoms with Gasteiger partial charge in [-0.3, -0.25) is 4.79 Å². The van der Waals surface area contributed by atoms with Crippen molar-refractivity contribution in [3.63, 3.8) is 0 Å². The lowest BCUT2D eigenvalue weighted by Gasteiger charge is -2.25. The van der Waals surface area contributed by atoms with E-state index < -0.39 is 0 Å². The number of fused-ring (bicyclic) bond motifs is 1. The number of Topliss-reactive ketones (excluding diaryl/α,β-unsaturated/α-hetero) is 1. The van der Waals surface area contributed by atoms with Gasteiger partial charge in [0.15, 0.2) is 0 Å². The maximum atomic E-state index is 11.9. The molecule has 2 fully saturated rings. The van der Waals surface area contributed by atoms with Gasteiger partial charge in [-0.05, 0) is 38.5 Å². The monoisotopic (exact) mass is 236 g/mol. The minimum atomic E-state index is -0.290. The third kappa shape index (κ3) is 2.28. The number of allylic oxidation sites excluding steroid dienone is 1. The van der Waals surface area contributed by atoms with Gasteiger partial charge in [-0.15, -0.1) is 0 Å². The summed E-state index contributed by atoms with van der Waals surface area (Å²) in [6, 6.07) is 0. The van der Waals surface area contributed by atoms with Crippen molar-refractivity contribution in [2.45, 2.75) is 40.0 Å². The normalized spacial score (nSPS) is 36.4. The van der Waals surface area contributed by atoms with Crippen LogP contribution in [0.5, 0.6) is 0 Å². The Morgan fingerprint density at radius 2 is 2.29 bits per heavy atom. The Hall–Kier alpha value is -1.12. The molecule has 3 nitrogen and oxygen atoms in total. The van der Waals surface area contributed by atoms with Crippen LogP contribution in [0.4, 0.5) is 0 Å². The Balaban J connectivity index is 2.00. The van der Waals surface area contributed by atoms with Gasteiger partial charge < -0.3 is 4.74 Å². The predicted molar refractivity (Wildman–Crippen MR) is 64.3 cm³/mol. The second-order valence-corrected chi connectivity index (χ2v) is 5.52. The summed E-state index contributed by atoms with van der Waals surface area (Å²) in [5, 5.41) is 0. The highest BCUT2D eigenvalue weighted by atomic mass is 16.5. The zero-order chi connectivity index (χ0) is 12.6. The molecular formula is C14H20O3. The van der Waals surface area contributed by atoms with E-state index >= 15 is 0 Å². The van der Waals surface area contributed by atoms with Crippen LogP contribution in [0.25, 0.3) is 0 Å². The van der Waals surface area contributed by atoms with Crippen LogP contribution in [0, 0.1) is 17.3 Å². The highest BCUT2D eigenvalue weighted by molar-refractivity contribution is 5.89. The quantitative estimate of drug-likeness (QED) is 0.558. The molecule has 0 radical (unpaired) electrons. The Morgan fingerprint density at radius 1 is 1.59 bits per heavy atom. The van der Waals surface area contributed by atoms with Gasteiger partial charge in [0.2, 0.25) is 0 Å². The van der Waals surface area contributed by atoms with Crippen molar-refractivity contribution in [3.05, 3.63) is 11.6 Å². The molecule has 0 aromatic carbocycles. The van der Waals surface area contributed by atoms with Crippen molar-refractivity contribution in [3.8, 4) is 0 Å². The Morgan fingerprint density at radius 3 is 2.88 bits per heavy atom. The molecule has 0 bridgehead atoms. The van der Waals surface area contributed by atoms with Gasteiger partial charge >= 0.3 is 5.97 Å². The van der Waals surface area contributed by atoms with Crippen molar-refractivity contribution in [1.29, 1.82) is 0 Å². The van der Waals surface area contributed by atoms with E-state index in [0.29, 0.717) is 24.7 Å². The molecule has 0 aromatic rings. The number of hydrogen-bond acceptors (Lipinski definition) is 3. The molecular weight excluding hydrogens is 216 g/mol. The minimum absolute atomic E-state index is 0.0271. The lowest BCUT2D eigenvalue weighted by molar-refractivity contribution is -0.137. The average molecular weight is 236 g/mol. The fourth-order valence-electron chi connectivity index (χ4n) is 2.86. The standard InChI is InChI=1S/C14H20O3/c1-4-17-13(16)5-9(2)10-6-11-8-14(11,3)12(15)7-10/h5,10-11H,4,6-8H2,1-3H3/b9-5+/t10-,11-,14+/m1/s1. The van der Waals surface area contributed by atoms with Crippen LogP contribution in [0.1, 0.15) is 40.0 Å². The lowest BCUT2D eigenvalue weighted by Crippen LogP contribution is -2.25. The molecule has 0 saturated heterocycles. The van der Waals surface area contributed by atoms with Gasteiger partial charge in [-0.25, -0.2) is 4.79 Å². The summed E-state index contributed by atoms with van der Waals surface area (Å²) in [6.07, 6.45) is 4.22. The van der Waals surface area contributed by atoms with Crippen LogP contribution in [0.2, 0.25) is 0 Å². The summed E-state index contributed by atoms with van der Waals surface area (Å²) in [5.41, 5.74) is 0.964. The van der Waals surface area contributed by atoms with Gasteiger partial charge in [0, 0.05) is 17.9 Å². The van der Waals surface area contributed by atoms with E-state index in [4.69, 9.17) is 4.74 Å². The summed E-state index contributed by atoms with van der Waals surface area (Å²) in [5.74, 6) is 0.865. The Bertz CT molecular complexity index is 383. The van der Waals surface area contributed by atoms with Crippen molar-refractivity contribution in [2.75, 3.05) is 6.61 Å². The van der Waals surface area contributed by atoms with Gasteiger partial charge in [0.1, 0.15) is 5.78 Å². The molecule has 3 heteroatoms. The van der Waals surface area contributed by atoms with Crippen molar-refractivity contribution in [2.24, 2.45) is 17.3 Å². The predicted octanol–water partition coefficient (Wildman–Crippen LogP) is 2.50. The number of esters is 1. The number of ketones is 1. The summed E-state index contributed by atoms with van der Waals surface area (Å²) < 4.78 is 4.89. The highest BCUT2D eigenvalue weighted by Gasteiger charge is 2.58. The zero-order valence-corrected chi connectivity index (χ0v) is 10.8. The van der Waals surface area contributed by atoms with Gasteiger partial charge in [-0.1, -0.05) is 12.5 Å². The fraction of sp³-hybridized carbons (Fsp3) is 0.714. The second-order valence-electron chi connectivity index (χ2n) is 5.52. The topological polar surface area (TPSA) is 43.4 Å². The van der Waals surface area contributed by atoms with Crippen molar-refractivity contribution in [1.82, 2.24) is 0 Å². The molecule has 0 spiro atoms. The molecule has 17 heavy (non-hydrogen) atoms. The molecule has 0 aliphatic heterocycles. The first-order valence-electron chi connectivity index (χ1n) is 6.35. The number of ether oxygens (including phenoxy) is 1. The minimum Gasteiger partial charge on any atom is -0.463 e. The van der Waals surface area contributed by atoms with Crippen LogP contribution < -0.4 is 0 Å². The summed E-state index contributed by atoms with van der Waals surface area (Å²) in [7, 11) is 0. The van der Waals surface area contributed by atoms with Crippen LogP contribution in [0.3, 0.4) is 0 Å². The SMILES string of the molecule is CCOC(=O)/C=C(\C)[C@H]1CC(=O)[C@@]2(C)C[C@H]2C1. The first-order valence-corrected chi connectivity index (χ1v) is 6.35.